The summed E-state index contributed by atoms with van der Waals surface area (Å²) >= 11 is 0. The first kappa shape index (κ1) is 26.5. The molecule has 0 aromatic heterocycles. The number of para-hydroxylation sites is 5. The van der Waals surface area contributed by atoms with E-state index in [1.165, 1.54) is 12.1 Å². The van der Waals surface area contributed by atoms with E-state index >= 15 is 0 Å². The predicted molar refractivity (Wildman–Crippen MR) is 163 cm³/mol. The molecule has 8 nitrogen and oxygen atoms in total. The smallest absolute Gasteiger partial charge is 0.192 e. The summed E-state index contributed by atoms with van der Waals surface area (Å²) in [5, 5.41) is 28.7. The second-order valence-electron chi connectivity index (χ2n) is 9.59. The van der Waals surface area contributed by atoms with Crippen LogP contribution in [0.3, 0.4) is 0 Å². The van der Waals surface area contributed by atoms with Crippen LogP contribution in [-0.4, -0.2) is 7.05 Å². The lowest BCUT2D eigenvalue weighted by Gasteiger charge is -2.39. The second kappa shape index (κ2) is 11.0. The molecular formula is C35H20N6O2. The van der Waals surface area contributed by atoms with Gasteiger partial charge in [0.1, 0.15) is 17.2 Å². The van der Waals surface area contributed by atoms with Gasteiger partial charge in [-0.25, -0.2) is 4.85 Å². The number of anilines is 5. The standard InChI is InChI=1S/C35H20N6O2/c1-39-26-15-25(22-38)18-28(19-26)43-34-13-7-12-33(42-27-16-23(20-36)14-24(17-27)21-37)35(34)41-31-10-5-3-8-29(31)40(2)30-9-4-6-11-32(30)41/h3-19H,2H3. The minimum Gasteiger partial charge on any atom is -0.456 e. The molecule has 6 rings (SSSR count). The van der Waals surface area contributed by atoms with E-state index in [2.05, 4.69) is 28.0 Å². The van der Waals surface area contributed by atoms with Gasteiger partial charge in [0.15, 0.2) is 17.2 Å². The maximum atomic E-state index is 9.56. The number of hydrogen-bond acceptors (Lipinski definition) is 7. The minimum absolute atomic E-state index is 0.274. The third kappa shape index (κ3) is 4.90. The number of hydrogen-bond donors (Lipinski definition) is 0. The van der Waals surface area contributed by atoms with Crippen molar-refractivity contribution in [2.24, 2.45) is 0 Å². The summed E-state index contributed by atoms with van der Waals surface area (Å²) in [4.78, 5) is 7.64. The second-order valence-corrected chi connectivity index (χ2v) is 9.59. The Labute approximate surface area is 248 Å². The SMILES string of the molecule is [C-]#[N+]c1cc(C#N)cc(Oc2cccc(Oc3cc(C#N)cc(C#N)c3)c2N2c3ccccc3N(C)c3ccccc32)c1. The summed E-state index contributed by atoms with van der Waals surface area (Å²) in [5.74, 6) is 1.42. The topological polar surface area (TPSA) is 101 Å². The van der Waals surface area contributed by atoms with E-state index in [0.717, 1.165) is 22.7 Å². The molecule has 43 heavy (non-hydrogen) atoms. The van der Waals surface area contributed by atoms with Crippen molar-refractivity contribution in [3.8, 4) is 41.2 Å². The van der Waals surface area contributed by atoms with Crippen molar-refractivity contribution in [2.45, 2.75) is 0 Å². The first-order valence-electron chi connectivity index (χ1n) is 13.1. The Kier molecular flexibility index (Phi) is 6.79. The molecule has 0 N–H and O–H groups in total. The quantitative estimate of drug-likeness (QED) is 0.199. The first-order valence-corrected chi connectivity index (χ1v) is 13.1. The lowest BCUT2D eigenvalue weighted by Crippen LogP contribution is -2.24. The van der Waals surface area contributed by atoms with Crippen LogP contribution < -0.4 is 19.3 Å². The number of benzene rings is 5. The van der Waals surface area contributed by atoms with Crippen LogP contribution in [0.15, 0.2) is 103 Å². The van der Waals surface area contributed by atoms with Gasteiger partial charge >= 0.3 is 0 Å². The summed E-state index contributed by atoms with van der Waals surface area (Å²) < 4.78 is 12.9. The average Bonchev–Trinajstić information content (AvgIpc) is 3.05. The molecule has 1 heterocycles. The normalized spacial score (nSPS) is 11.2. The lowest BCUT2D eigenvalue weighted by molar-refractivity contribution is 0.462. The van der Waals surface area contributed by atoms with Crippen molar-refractivity contribution in [1.29, 1.82) is 15.8 Å². The Morgan fingerprint density at radius 2 is 1.07 bits per heavy atom. The van der Waals surface area contributed by atoms with Gasteiger partial charge in [0.25, 0.3) is 0 Å². The third-order valence-electron chi connectivity index (χ3n) is 6.92. The molecule has 0 radical (unpaired) electrons. The van der Waals surface area contributed by atoms with Crippen LogP contribution >= 0.6 is 0 Å². The molecule has 1 aliphatic heterocycles. The van der Waals surface area contributed by atoms with Crippen LogP contribution in [-0.2, 0) is 0 Å². The average molecular weight is 557 g/mol. The molecule has 0 bridgehead atoms. The van der Waals surface area contributed by atoms with E-state index in [-0.39, 0.29) is 5.69 Å². The molecule has 0 aliphatic carbocycles. The Balaban J connectivity index is 1.60. The van der Waals surface area contributed by atoms with Crippen LogP contribution in [0.5, 0.6) is 23.0 Å². The number of ether oxygens (including phenoxy) is 2. The molecule has 0 amide bonds. The van der Waals surface area contributed by atoms with Crippen LogP contribution in [0, 0.1) is 40.6 Å². The molecule has 0 atom stereocenters. The number of fused-ring (bicyclic) bond motifs is 2. The molecule has 1 aliphatic rings. The van der Waals surface area contributed by atoms with Crippen molar-refractivity contribution in [3.63, 3.8) is 0 Å². The molecule has 8 heteroatoms. The highest BCUT2D eigenvalue weighted by Gasteiger charge is 2.31. The molecule has 202 valence electrons. The van der Waals surface area contributed by atoms with Gasteiger partial charge in [-0.1, -0.05) is 30.3 Å². The fraction of sp³-hybridized carbons (Fsp3) is 0.0286. The molecule has 0 fully saturated rings. The predicted octanol–water partition coefficient (Wildman–Crippen LogP) is 8.99. The highest BCUT2D eigenvalue weighted by Crippen LogP contribution is 2.56. The molecule has 0 spiro atoms. The van der Waals surface area contributed by atoms with E-state index in [0.29, 0.717) is 45.4 Å². The lowest BCUT2D eigenvalue weighted by atomic mass is 10.1. The Bertz CT molecular complexity index is 1870. The van der Waals surface area contributed by atoms with Gasteiger partial charge in [-0.3, -0.25) is 4.90 Å². The highest BCUT2D eigenvalue weighted by molar-refractivity contribution is 6.00. The van der Waals surface area contributed by atoms with Gasteiger partial charge < -0.3 is 14.4 Å². The third-order valence-corrected chi connectivity index (χ3v) is 6.92. The van der Waals surface area contributed by atoms with Crippen molar-refractivity contribution < 1.29 is 9.47 Å². The fourth-order valence-electron chi connectivity index (χ4n) is 5.07. The zero-order valence-corrected chi connectivity index (χ0v) is 22.8. The van der Waals surface area contributed by atoms with E-state index in [4.69, 9.17) is 16.0 Å². The van der Waals surface area contributed by atoms with E-state index < -0.39 is 0 Å². The molecule has 0 unspecified atom stereocenters. The molecular weight excluding hydrogens is 536 g/mol. The molecule has 0 saturated carbocycles. The van der Waals surface area contributed by atoms with E-state index in [1.54, 1.807) is 42.5 Å². The largest absolute Gasteiger partial charge is 0.456 e. The van der Waals surface area contributed by atoms with Gasteiger partial charge in [-0.15, -0.1) is 0 Å². The zero-order chi connectivity index (χ0) is 29.9. The van der Waals surface area contributed by atoms with Gasteiger partial charge in [-0.2, -0.15) is 15.8 Å². The minimum atomic E-state index is 0.274. The summed E-state index contributed by atoms with van der Waals surface area (Å²) in [5.41, 5.74) is 5.31. The van der Waals surface area contributed by atoms with Crippen molar-refractivity contribution >= 4 is 34.1 Å². The fourth-order valence-corrected chi connectivity index (χ4v) is 5.07. The summed E-state index contributed by atoms with van der Waals surface area (Å²) in [6.07, 6.45) is 0. The molecule has 0 saturated heterocycles. The molecule has 5 aromatic carbocycles. The van der Waals surface area contributed by atoms with E-state index in [9.17, 15) is 15.8 Å². The first-order chi connectivity index (χ1) is 21.0. The summed E-state index contributed by atoms with van der Waals surface area (Å²) in [6, 6.07) is 36.8. The maximum absolute atomic E-state index is 9.56. The maximum Gasteiger partial charge on any atom is 0.192 e. The summed E-state index contributed by atoms with van der Waals surface area (Å²) in [7, 11) is 2.00. The Hall–Kier alpha value is -6.74. The van der Waals surface area contributed by atoms with Crippen LogP contribution in [0.25, 0.3) is 4.85 Å². The van der Waals surface area contributed by atoms with E-state index in [1.807, 2.05) is 60.5 Å². The number of nitrogens with zero attached hydrogens (tertiary/aromatic N) is 6. The Morgan fingerprint density at radius 1 is 0.605 bits per heavy atom. The zero-order valence-electron chi connectivity index (χ0n) is 22.8. The van der Waals surface area contributed by atoms with Crippen molar-refractivity contribution in [1.82, 2.24) is 0 Å². The number of nitriles is 3. The molecule has 5 aromatic rings. The van der Waals surface area contributed by atoms with Crippen LogP contribution in [0.2, 0.25) is 0 Å². The number of rotatable bonds is 5. The van der Waals surface area contributed by atoms with Crippen molar-refractivity contribution in [3.05, 3.63) is 131 Å². The van der Waals surface area contributed by atoms with Gasteiger partial charge in [0.05, 0.1) is 58.7 Å². The Morgan fingerprint density at radius 3 is 1.56 bits per heavy atom. The highest BCUT2D eigenvalue weighted by atomic mass is 16.5. The van der Waals surface area contributed by atoms with Gasteiger partial charge in [0, 0.05) is 12.6 Å². The summed E-state index contributed by atoms with van der Waals surface area (Å²) in [6.45, 7) is 7.48. The monoisotopic (exact) mass is 556 g/mol. The van der Waals surface area contributed by atoms with Crippen molar-refractivity contribution in [2.75, 3.05) is 16.8 Å². The van der Waals surface area contributed by atoms with Crippen LogP contribution in [0.1, 0.15) is 16.7 Å². The van der Waals surface area contributed by atoms with Gasteiger partial charge in [0.2, 0.25) is 0 Å². The van der Waals surface area contributed by atoms with Gasteiger partial charge in [-0.05, 0) is 72.8 Å². The van der Waals surface area contributed by atoms with Crippen LogP contribution in [0.4, 0.5) is 34.1 Å².